The van der Waals surface area contributed by atoms with Crippen LogP contribution in [0.4, 0.5) is 4.39 Å². The smallest absolute Gasteiger partial charge is 0.220 e. The van der Waals surface area contributed by atoms with Crippen molar-refractivity contribution in [2.75, 3.05) is 0 Å². The van der Waals surface area contributed by atoms with E-state index in [9.17, 15) is 9.18 Å². The molecule has 1 aromatic carbocycles. The molecule has 0 aliphatic heterocycles. The first-order valence-electron chi connectivity index (χ1n) is 7.60. The summed E-state index contributed by atoms with van der Waals surface area (Å²) in [5.41, 5.74) is 2.04. The van der Waals surface area contributed by atoms with Crippen LogP contribution >= 0.6 is 0 Å². The highest BCUT2D eigenvalue weighted by atomic mass is 19.1. The highest BCUT2D eigenvalue weighted by Crippen LogP contribution is 2.25. The van der Waals surface area contributed by atoms with Gasteiger partial charge in [0.15, 0.2) is 0 Å². The average molecular weight is 300 g/mol. The molecule has 22 heavy (non-hydrogen) atoms. The summed E-state index contributed by atoms with van der Waals surface area (Å²) >= 11 is 0. The molecule has 0 spiro atoms. The molecule has 0 aliphatic rings. The van der Waals surface area contributed by atoms with E-state index >= 15 is 0 Å². The van der Waals surface area contributed by atoms with Crippen molar-refractivity contribution in [3.8, 4) is 0 Å². The Balaban J connectivity index is 1.92. The number of nitrogens with zero attached hydrogens (tertiary/aromatic N) is 1. The summed E-state index contributed by atoms with van der Waals surface area (Å²) in [5.74, 6) is -0.108. The summed E-state index contributed by atoms with van der Waals surface area (Å²) < 4.78 is 13.0. The Labute approximate surface area is 130 Å². The molecular weight excluding hydrogens is 279 g/mol. The number of amides is 1. The Morgan fingerprint density at radius 2 is 1.86 bits per heavy atom. The molecular formula is C18H21FN2O. The van der Waals surface area contributed by atoms with Crippen LogP contribution in [-0.4, -0.2) is 10.9 Å². The maximum Gasteiger partial charge on any atom is 0.220 e. The molecule has 0 saturated carbocycles. The second-order valence-electron chi connectivity index (χ2n) is 5.37. The Hall–Kier alpha value is -2.23. The van der Waals surface area contributed by atoms with Gasteiger partial charge in [0, 0.05) is 25.4 Å². The van der Waals surface area contributed by atoms with Crippen molar-refractivity contribution in [1.82, 2.24) is 10.3 Å². The predicted octanol–water partition coefficient (Wildman–Crippen LogP) is 3.81. The lowest BCUT2D eigenvalue weighted by Crippen LogP contribution is -2.24. The van der Waals surface area contributed by atoms with Gasteiger partial charge in [-0.05, 0) is 47.7 Å². The van der Waals surface area contributed by atoms with Crippen LogP contribution in [-0.2, 0) is 11.3 Å². The van der Waals surface area contributed by atoms with Crippen LogP contribution in [0.15, 0.2) is 48.8 Å². The van der Waals surface area contributed by atoms with Crippen LogP contribution in [0.25, 0.3) is 0 Å². The highest BCUT2D eigenvalue weighted by molar-refractivity contribution is 5.76. The van der Waals surface area contributed by atoms with Gasteiger partial charge in [0.25, 0.3) is 0 Å². The molecule has 1 heterocycles. The lowest BCUT2D eigenvalue weighted by atomic mass is 9.91. The van der Waals surface area contributed by atoms with E-state index in [1.165, 1.54) is 12.1 Å². The van der Waals surface area contributed by atoms with E-state index in [1.807, 2.05) is 12.1 Å². The molecule has 1 atom stereocenters. The summed E-state index contributed by atoms with van der Waals surface area (Å²) in [6.45, 7) is 2.59. The van der Waals surface area contributed by atoms with E-state index in [1.54, 1.807) is 24.5 Å². The lowest BCUT2D eigenvalue weighted by molar-refractivity contribution is -0.121. The summed E-state index contributed by atoms with van der Waals surface area (Å²) in [4.78, 5) is 16.1. The standard InChI is InChI=1S/C18H21FN2O/c1-2-3-16(15-4-6-17(19)7-5-15)12-18(22)21-13-14-8-10-20-11-9-14/h4-11,16H,2-3,12-13H2,1H3,(H,21,22). The lowest BCUT2D eigenvalue weighted by Gasteiger charge is -2.16. The maximum atomic E-state index is 13.0. The third kappa shape index (κ3) is 4.95. The molecule has 3 nitrogen and oxygen atoms in total. The number of nitrogens with one attached hydrogen (secondary N) is 1. The number of hydrogen-bond acceptors (Lipinski definition) is 2. The maximum absolute atomic E-state index is 13.0. The van der Waals surface area contributed by atoms with Gasteiger partial charge >= 0.3 is 0 Å². The third-order valence-corrected chi connectivity index (χ3v) is 3.65. The number of pyridine rings is 1. The Bertz CT molecular complexity index is 584. The number of hydrogen-bond donors (Lipinski definition) is 1. The molecule has 2 aromatic rings. The number of carbonyl (C=O) groups excluding carboxylic acids is 1. The first-order valence-corrected chi connectivity index (χ1v) is 7.60. The van der Waals surface area contributed by atoms with Crippen molar-refractivity contribution >= 4 is 5.91 Å². The van der Waals surface area contributed by atoms with Crippen LogP contribution in [0.5, 0.6) is 0 Å². The fraction of sp³-hybridized carbons (Fsp3) is 0.333. The van der Waals surface area contributed by atoms with Gasteiger partial charge in [-0.15, -0.1) is 0 Å². The number of carbonyl (C=O) groups is 1. The predicted molar refractivity (Wildman–Crippen MR) is 84.7 cm³/mol. The minimum atomic E-state index is -0.249. The topological polar surface area (TPSA) is 42.0 Å². The van der Waals surface area contributed by atoms with Crippen molar-refractivity contribution in [2.45, 2.75) is 38.6 Å². The summed E-state index contributed by atoms with van der Waals surface area (Å²) in [5, 5.41) is 2.93. The van der Waals surface area contributed by atoms with Crippen molar-refractivity contribution in [3.05, 3.63) is 65.7 Å². The fourth-order valence-electron chi connectivity index (χ4n) is 2.47. The molecule has 0 saturated heterocycles. The van der Waals surface area contributed by atoms with E-state index in [4.69, 9.17) is 0 Å². The zero-order valence-electron chi connectivity index (χ0n) is 12.8. The number of aromatic nitrogens is 1. The second kappa shape index (κ2) is 8.27. The Kier molecular flexibility index (Phi) is 6.07. The first kappa shape index (κ1) is 16.1. The molecule has 1 amide bonds. The van der Waals surface area contributed by atoms with E-state index in [0.717, 1.165) is 24.0 Å². The summed E-state index contributed by atoms with van der Waals surface area (Å²) in [6, 6.07) is 10.2. The number of halogens is 1. The van der Waals surface area contributed by atoms with E-state index in [-0.39, 0.29) is 17.6 Å². The van der Waals surface area contributed by atoms with Crippen molar-refractivity contribution in [3.63, 3.8) is 0 Å². The summed E-state index contributed by atoms with van der Waals surface area (Å²) in [7, 11) is 0. The zero-order chi connectivity index (χ0) is 15.8. The highest BCUT2D eigenvalue weighted by Gasteiger charge is 2.15. The van der Waals surface area contributed by atoms with Crippen LogP contribution in [0.2, 0.25) is 0 Å². The second-order valence-corrected chi connectivity index (χ2v) is 5.37. The number of benzene rings is 1. The largest absolute Gasteiger partial charge is 0.352 e. The van der Waals surface area contributed by atoms with Crippen LogP contribution in [0.1, 0.15) is 43.2 Å². The molecule has 0 bridgehead atoms. The van der Waals surface area contributed by atoms with Gasteiger partial charge in [0.1, 0.15) is 5.82 Å². The molecule has 116 valence electrons. The minimum Gasteiger partial charge on any atom is -0.352 e. The normalized spacial score (nSPS) is 11.9. The SMILES string of the molecule is CCCC(CC(=O)NCc1ccncc1)c1ccc(F)cc1. The molecule has 1 unspecified atom stereocenters. The monoisotopic (exact) mass is 300 g/mol. The van der Waals surface area contributed by atoms with Crippen molar-refractivity contribution in [2.24, 2.45) is 0 Å². The van der Waals surface area contributed by atoms with Crippen LogP contribution in [0, 0.1) is 5.82 Å². The van der Waals surface area contributed by atoms with Gasteiger partial charge in [-0.25, -0.2) is 4.39 Å². The fourth-order valence-corrected chi connectivity index (χ4v) is 2.47. The number of rotatable bonds is 7. The molecule has 0 radical (unpaired) electrons. The van der Waals surface area contributed by atoms with Gasteiger partial charge < -0.3 is 5.32 Å². The molecule has 1 aromatic heterocycles. The van der Waals surface area contributed by atoms with Gasteiger partial charge in [0.05, 0.1) is 0 Å². The molecule has 4 heteroatoms. The molecule has 1 N–H and O–H groups in total. The first-order chi connectivity index (χ1) is 10.7. The summed E-state index contributed by atoms with van der Waals surface area (Å²) in [6.07, 6.45) is 5.73. The van der Waals surface area contributed by atoms with Crippen LogP contribution in [0.3, 0.4) is 0 Å². The van der Waals surface area contributed by atoms with E-state index < -0.39 is 0 Å². The van der Waals surface area contributed by atoms with Gasteiger partial charge in [-0.3, -0.25) is 9.78 Å². The third-order valence-electron chi connectivity index (χ3n) is 3.65. The molecule has 2 rings (SSSR count). The van der Waals surface area contributed by atoms with Gasteiger partial charge in [0.2, 0.25) is 5.91 Å². The Morgan fingerprint density at radius 3 is 2.50 bits per heavy atom. The Morgan fingerprint density at radius 1 is 1.18 bits per heavy atom. The molecule has 0 aliphatic carbocycles. The van der Waals surface area contributed by atoms with Crippen molar-refractivity contribution < 1.29 is 9.18 Å². The van der Waals surface area contributed by atoms with Crippen molar-refractivity contribution in [1.29, 1.82) is 0 Å². The zero-order valence-corrected chi connectivity index (χ0v) is 12.8. The quantitative estimate of drug-likeness (QED) is 0.845. The van der Waals surface area contributed by atoms with E-state index in [0.29, 0.717) is 13.0 Å². The average Bonchev–Trinajstić information content (AvgIpc) is 2.54. The van der Waals surface area contributed by atoms with Crippen LogP contribution < -0.4 is 5.32 Å². The van der Waals surface area contributed by atoms with Gasteiger partial charge in [-0.1, -0.05) is 25.5 Å². The van der Waals surface area contributed by atoms with E-state index in [2.05, 4.69) is 17.2 Å². The minimum absolute atomic E-state index is 0.0135. The van der Waals surface area contributed by atoms with Gasteiger partial charge in [-0.2, -0.15) is 0 Å². The molecule has 0 fully saturated rings.